The lowest BCUT2D eigenvalue weighted by Gasteiger charge is -2.34. The highest BCUT2D eigenvalue weighted by atomic mass is 16.5. The van der Waals surface area contributed by atoms with Crippen molar-refractivity contribution in [1.29, 1.82) is 0 Å². The molecule has 0 radical (unpaired) electrons. The van der Waals surface area contributed by atoms with Crippen molar-refractivity contribution < 1.29 is 18.8 Å². The van der Waals surface area contributed by atoms with Crippen LogP contribution in [0.2, 0.25) is 0 Å². The van der Waals surface area contributed by atoms with Gasteiger partial charge in [0.2, 0.25) is 17.6 Å². The molecule has 174 valence electrons. The molecule has 1 aliphatic rings. The van der Waals surface area contributed by atoms with Gasteiger partial charge in [-0.1, -0.05) is 17.3 Å². The first-order chi connectivity index (χ1) is 16.0. The van der Waals surface area contributed by atoms with Crippen LogP contribution in [-0.2, 0) is 17.8 Å². The van der Waals surface area contributed by atoms with E-state index in [9.17, 15) is 4.79 Å². The van der Waals surface area contributed by atoms with Gasteiger partial charge in [-0.2, -0.15) is 4.98 Å². The Morgan fingerprint density at radius 2 is 1.82 bits per heavy atom. The molecule has 3 aromatic rings. The maximum Gasteiger partial charge on any atom is 0.241 e. The van der Waals surface area contributed by atoms with E-state index in [-0.39, 0.29) is 12.0 Å². The van der Waals surface area contributed by atoms with Gasteiger partial charge in [0.25, 0.3) is 0 Å². The fourth-order valence-electron chi connectivity index (χ4n) is 3.81. The van der Waals surface area contributed by atoms with E-state index in [1.54, 1.807) is 7.11 Å². The van der Waals surface area contributed by atoms with Gasteiger partial charge < -0.3 is 18.9 Å². The van der Waals surface area contributed by atoms with Crippen LogP contribution in [0.4, 0.5) is 0 Å². The fourth-order valence-corrected chi connectivity index (χ4v) is 3.81. The number of amides is 1. The number of rotatable bonds is 8. The van der Waals surface area contributed by atoms with Crippen LogP contribution in [0.5, 0.6) is 11.5 Å². The first-order valence-corrected chi connectivity index (χ1v) is 11.2. The Balaban J connectivity index is 1.27. The number of methoxy groups -OCH3 is 1. The average molecular weight is 451 g/mol. The molecule has 1 fully saturated rings. The highest BCUT2D eigenvalue weighted by Crippen LogP contribution is 2.21. The van der Waals surface area contributed by atoms with Gasteiger partial charge in [0.05, 0.1) is 26.2 Å². The first kappa shape index (κ1) is 22.8. The fraction of sp³-hybridized carbons (Fsp3) is 0.400. The number of benzene rings is 2. The highest BCUT2D eigenvalue weighted by molar-refractivity contribution is 5.79. The number of hydrogen-bond acceptors (Lipinski definition) is 7. The van der Waals surface area contributed by atoms with E-state index >= 15 is 0 Å². The van der Waals surface area contributed by atoms with E-state index in [0.29, 0.717) is 37.8 Å². The average Bonchev–Trinajstić information content (AvgIpc) is 3.28. The molecule has 1 amide bonds. The predicted molar refractivity (Wildman–Crippen MR) is 124 cm³/mol. The number of piperazine rings is 1. The molecule has 2 aromatic carbocycles. The number of hydrogen-bond donors (Lipinski definition) is 0. The van der Waals surface area contributed by atoms with Crippen molar-refractivity contribution in [1.82, 2.24) is 19.9 Å². The van der Waals surface area contributed by atoms with E-state index in [0.717, 1.165) is 35.7 Å². The summed E-state index contributed by atoms with van der Waals surface area (Å²) >= 11 is 0. The predicted octanol–water partition coefficient (Wildman–Crippen LogP) is 3.42. The van der Waals surface area contributed by atoms with Crippen LogP contribution >= 0.6 is 0 Å². The van der Waals surface area contributed by atoms with Crippen LogP contribution in [0.3, 0.4) is 0 Å². The topological polar surface area (TPSA) is 80.9 Å². The van der Waals surface area contributed by atoms with Crippen molar-refractivity contribution in [3.63, 3.8) is 0 Å². The van der Waals surface area contributed by atoms with E-state index in [1.165, 1.54) is 0 Å². The SMILES string of the molecule is COc1ccc(-c2noc(CN3CCN(C(=O)Cc4cccc(OC(C)C)c4)CC3)n2)cc1. The molecule has 2 heterocycles. The van der Waals surface area contributed by atoms with Crippen LogP contribution in [-0.4, -0.2) is 65.2 Å². The second kappa shape index (κ2) is 10.5. The van der Waals surface area contributed by atoms with Gasteiger partial charge in [0.15, 0.2) is 0 Å². The van der Waals surface area contributed by atoms with E-state index in [2.05, 4.69) is 15.0 Å². The standard InChI is InChI=1S/C25H30N4O4/c1-18(2)32-22-6-4-5-19(15-22)16-24(30)29-13-11-28(12-14-29)17-23-26-25(27-33-23)20-7-9-21(31-3)10-8-20/h4-10,15,18H,11-14,16-17H2,1-3H3. The molecule has 8 nitrogen and oxygen atoms in total. The van der Waals surface area contributed by atoms with Crippen molar-refractivity contribution in [3.8, 4) is 22.9 Å². The molecule has 0 spiro atoms. The lowest BCUT2D eigenvalue weighted by Crippen LogP contribution is -2.48. The zero-order valence-electron chi connectivity index (χ0n) is 19.4. The van der Waals surface area contributed by atoms with Gasteiger partial charge in [-0.3, -0.25) is 9.69 Å². The highest BCUT2D eigenvalue weighted by Gasteiger charge is 2.23. The Morgan fingerprint density at radius 1 is 1.06 bits per heavy atom. The van der Waals surface area contributed by atoms with Gasteiger partial charge in [-0.25, -0.2) is 0 Å². The molecule has 1 saturated heterocycles. The smallest absolute Gasteiger partial charge is 0.241 e. The summed E-state index contributed by atoms with van der Waals surface area (Å²) in [5.41, 5.74) is 1.85. The summed E-state index contributed by atoms with van der Waals surface area (Å²) in [5, 5.41) is 4.09. The Labute approximate surface area is 194 Å². The van der Waals surface area contributed by atoms with Crippen LogP contribution in [0.15, 0.2) is 53.1 Å². The molecule has 0 atom stereocenters. The molecular formula is C25H30N4O4. The Morgan fingerprint density at radius 3 is 2.52 bits per heavy atom. The normalized spacial score (nSPS) is 14.5. The van der Waals surface area contributed by atoms with Crippen LogP contribution in [0.25, 0.3) is 11.4 Å². The molecule has 0 N–H and O–H groups in total. The summed E-state index contributed by atoms with van der Waals surface area (Å²) in [4.78, 5) is 21.5. The first-order valence-electron chi connectivity index (χ1n) is 11.2. The van der Waals surface area contributed by atoms with Crippen molar-refractivity contribution >= 4 is 5.91 Å². The van der Waals surface area contributed by atoms with Crippen LogP contribution < -0.4 is 9.47 Å². The van der Waals surface area contributed by atoms with Gasteiger partial charge in [-0.05, 0) is 55.8 Å². The lowest BCUT2D eigenvalue weighted by atomic mass is 10.1. The third-order valence-corrected chi connectivity index (χ3v) is 5.53. The summed E-state index contributed by atoms with van der Waals surface area (Å²) < 4.78 is 16.4. The summed E-state index contributed by atoms with van der Waals surface area (Å²) in [6.07, 6.45) is 0.486. The van der Waals surface area contributed by atoms with E-state index in [1.807, 2.05) is 67.3 Å². The number of ether oxygens (including phenoxy) is 2. The van der Waals surface area contributed by atoms with E-state index in [4.69, 9.17) is 14.0 Å². The summed E-state index contributed by atoms with van der Waals surface area (Å²) in [6.45, 7) is 7.45. The molecule has 33 heavy (non-hydrogen) atoms. The third kappa shape index (κ3) is 6.10. The largest absolute Gasteiger partial charge is 0.497 e. The van der Waals surface area contributed by atoms with Crippen molar-refractivity contribution in [2.75, 3.05) is 33.3 Å². The Bertz CT molecular complexity index is 1060. The summed E-state index contributed by atoms with van der Waals surface area (Å²) in [7, 11) is 1.63. The monoisotopic (exact) mass is 450 g/mol. The molecule has 0 bridgehead atoms. The number of carbonyl (C=O) groups is 1. The van der Waals surface area contributed by atoms with Crippen molar-refractivity contribution in [2.45, 2.75) is 32.9 Å². The number of carbonyl (C=O) groups excluding carboxylic acids is 1. The second-order valence-corrected chi connectivity index (χ2v) is 8.39. The lowest BCUT2D eigenvalue weighted by molar-refractivity contribution is -0.132. The quantitative estimate of drug-likeness (QED) is 0.520. The Hall–Kier alpha value is -3.39. The molecular weight excluding hydrogens is 420 g/mol. The van der Waals surface area contributed by atoms with Gasteiger partial charge in [0, 0.05) is 31.7 Å². The maximum absolute atomic E-state index is 12.8. The van der Waals surface area contributed by atoms with Crippen molar-refractivity contribution in [2.24, 2.45) is 0 Å². The zero-order valence-corrected chi connectivity index (χ0v) is 19.4. The number of aromatic nitrogens is 2. The maximum atomic E-state index is 12.8. The molecule has 0 aliphatic carbocycles. The molecule has 4 rings (SSSR count). The third-order valence-electron chi connectivity index (χ3n) is 5.53. The summed E-state index contributed by atoms with van der Waals surface area (Å²) in [5.74, 6) is 2.85. The molecule has 0 unspecified atom stereocenters. The van der Waals surface area contributed by atoms with Gasteiger partial charge >= 0.3 is 0 Å². The van der Waals surface area contributed by atoms with Gasteiger partial charge in [0.1, 0.15) is 11.5 Å². The minimum Gasteiger partial charge on any atom is -0.497 e. The van der Waals surface area contributed by atoms with Crippen LogP contribution in [0.1, 0.15) is 25.3 Å². The second-order valence-electron chi connectivity index (χ2n) is 8.39. The van der Waals surface area contributed by atoms with Crippen molar-refractivity contribution in [3.05, 3.63) is 60.0 Å². The van der Waals surface area contributed by atoms with E-state index < -0.39 is 0 Å². The molecule has 0 saturated carbocycles. The summed E-state index contributed by atoms with van der Waals surface area (Å²) in [6, 6.07) is 15.3. The molecule has 8 heteroatoms. The van der Waals surface area contributed by atoms with Gasteiger partial charge in [-0.15, -0.1) is 0 Å². The number of nitrogens with zero attached hydrogens (tertiary/aromatic N) is 4. The Kier molecular flexibility index (Phi) is 7.24. The minimum absolute atomic E-state index is 0.107. The van der Waals surface area contributed by atoms with Crippen LogP contribution in [0, 0.1) is 0 Å². The molecule has 1 aromatic heterocycles. The minimum atomic E-state index is 0.107. The molecule has 1 aliphatic heterocycles. The zero-order chi connectivity index (χ0) is 23.2.